The van der Waals surface area contributed by atoms with Crippen LogP contribution in [0.4, 0.5) is 4.39 Å². The second-order valence-corrected chi connectivity index (χ2v) is 6.96. The summed E-state index contributed by atoms with van der Waals surface area (Å²) in [7, 11) is 0. The number of aryl methyl sites for hydroxylation is 3. The van der Waals surface area contributed by atoms with Crippen molar-refractivity contribution in [3.63, 3.8) is 0 Å². The summed E-state index contributed by atoms with van der Waals surface area (Å²) in [5.41, 5.74) is 3.25. The zero-order valence-corrected chi connectivity index (χ0v) is 15.7. The van der Waals surface area contributed by atoms with Crippen molar-refractivity contribution in [1.82, 2.24) is 10.6 Å². The van der Waals surface area contributed by atoms with Gasteiger partial charge in [-0.1, -0.05) is 6.07 Å². The van der Waals surface area contributed by atoms with Gasteiger partial charge in [-0.2, -0.15) is 0 Å². The van der Waals surface area contributed by atoms with Crippen LogP contribution in [0.2, 0.25) is 0 Å². The van der Waals surface area contributed by atoms with Crippen molar-refractivity contribution in [2.24, 2.45) is 0 Å². The lowest BCUT2D eigenvalue weighted by Gasteiger charge is -2.23. The van der Waals surface area contributed by atoms with Gasteiger partial charge in [0.05, 0.1) is 5.56 Å². The molecule has 1 fully saturated rings. The zero-order chi connectivity index (χ0) is 19.6. The van der Waals surface area contributed by atoms with E-state index in [1.807, 2.05) is 32.9 Å². The molecule has 0 aromatic heterocycles. The van der Waals surface area contributed by atoms with E-state index in [1.54, 1.807) is 0 Å². The molecule has 0 saturated carbocycles. The molecule has 0 bridgehead atoms. The lowest BCUT2D eigenvalue weighted by Crippen LogP contribution is -2.45. The smallest absolute Gasteiger partial charge is 0.255 e. The molecule has 0 aliphatic carbocycles. The number of hydrogen-bond acceptors (Lipinski definition) is 3. The Morgan fingerprint density at radius 2 is 1.85 bits per heavy atom. The molecule has 3 rings (SSSR count). The van der Waals surface area contributed by atoms with Crippen LogP contribution in [0.25, 0.3) is 0 Å². The average molecular weight is 370 g/mol. The molecule has 2 aromatic carbocycles. The molecule has 142 valence electrons. The highest BCUT2D eigenvalue weighted by Crippen LogP contribution is 2.30. The molecule has 1 heterocycles. The lowest BCUT2D eigenvalue weighted by molar-refractivity contribution is -0.122. The minimum atomic E-state index is -0.523. The molecular formula is C21H23FN2O3. The van der Waals surface area contributed by atoms with Gasteiger partial charge in [0.2, 0.25) is 5.91 Å². The third kappa shape index (κ3) is 4.45. The molecule has 6 heteroatoms. The first-order valence-electron chi connectivity index (χ1n) is 8.96. The number of amides is 2. The third-order valence-corrected chi connectivity index (χ3v) is 4.78. The molecule has 1 aliphatic heterocycles. The molecule has 1 unspecified atom stereocenters. The van der Waals surface area contributed by atoms with Gasteiger partial charge in [-0.15, -0.1) is 0 Å². The highest BCUT2D eigenvalue weighted by molar-refractivity contribution is 5.97. The number of ether oxygens (including phenoxy) is 1. The van der Waals surface area contributed by atoms with Gasteiger partial charge in [0.25, 0.3) is 5.91 Å². The number of carbonyl (C=O) groups excluding carboxylic acids is 2. The van der Waals surface area contributed by atoms with Crippen LogP contribution in [-0.2, 0) is 4.79 Å². The van der Waals surface area contributed by atoms with Crippen molar-refractivity contribution < 1.29 is 18.7 Å². The van der Waals surface area contributed by atoms with Crippen LogP contribution in [-0.4, -0.2) is 24.4 Å². The average Bonchev–Trinajstić information content (AvgIpc) is 2.61. The topological polar surface area (TPSA) is 67.4 Å². The summed E-state index contributed by atoms with van der Waals surface area (Å²) >= 11 is 0. The van der Waals surface area contributed by atoms with Crippen LogP contribution in [0.3, 0.4) is 0 Å². The Hall–Kier alpha value is -2.89. The molecule has 2 N–H and O–H groups in total. The number of carbonyl (C=O) groups is 2. The summed E-state index contributed by atoms with van der Waals surface area (Å²) in [6, 6.07) is 7.51. The van der Waals surface area contributed by atoms with E-state index >= 15 is 0 Å². The van der Waals surface area contributed by atoms with Gasteiger partial charge in [-0.05, 0) is 68.1 Å². The van der Waals surface area contributed by atoms with Gasteiger partial charge in [-0.3, -0.25) is 9.59 Å². The highest BCUT2D eigenvalue weighted by Gasteiger charge is 2.23. The van der Waals surface area contributed by atoms with Gasteiger partial charge < -0.3 is 15.4 Å². The van der Waals surface area contributed by atoms with Crippen LogP contribution in [0.1, 0.15) is 39.9 Å². The Labute approximate surface area is 157 Å². The minimum Gasteiger partial charge on any atom is -0.456 e. The second kappa shape index (κ2) is 7.78. The molecule has 5 nitrogen and oxygen atoms in total. The van der Waals surface area contributed by atoms with Gasteiger partial charge in [-0.25, -0.2) is 4.39 Å². The monoisotopic (exact) mass is 370 g/mol. The summed E-state index contributed by atoms with van der Waals surface area (Å²) in [6.45, 7) is 6.43. The lowest BCUT2D eigenvalue weighted by atomic mass is 10.0. The van der Waals surface area contributed by atoms with E-state index in [1.165, 1.54) is 12.1 Å². The Bertz CT molecular complexity index is 895. The Balaban J connectivity index is 1.86. The van der Waals surface area contributed by atoms with Gasteiger partial charge in [0, 0.05) is 19.0 Å². The number of piperidine rings is 1. The number of benzene rings is 2. The summed E-state index contributed by atoms with van der Waals surface area (Å²) in [6.07, 6.45) is 0.854. The van der Waals surface area contributed by atoms with Crippen molar-refractivity contribution in [1.29, 1.82) is 0 Å². The number of halogens is 1. The maximum absolute atomic E-state index is 13.8. The first-order valence-corrected chi connectivity index (χ1v) is 8.96. The molecule has 0 spiro atoms. The zero-order valence-electron chi connectivity index (χ0n) is 15.7. The number of hydrogen-bond donors (Lipinski definition) is 2. The molecule has 1 atom stereocenters. The maximum Gasteiger partial charge on any atom is 0.255 e. The van der Waals surface area contributed by atoms with E-state index in [-0.39, 0.29) is 29.7 Å². The predicted octanol–water partition coefficient (Wildman–Crippen LogP) is 3.55. The van der Waals surface area contributed by atoms with Crippen molar-refractivity contribution in [3.8, 4) is 11.5 Å². The van der Waals surface area contributed by atoms with Gasteiger partial charge in [0.1, 0.15) is 17.3 Å². The van der Waals surface area contributed by atoms with Crippen molar-refractivity contribution in [3.05, 3.63) is 58.4 Å². The van der Waals surface area contributed by atoms with Crippen molar-refractivity contribution >= 4 is 11.8 Å². The minimum absolute atomic E-state index is 0.104. The Morgan fingerprint density at radius 1 is 1.11 bits per heavy atom. The van der Waals surface area contributed by atoms with Crippen LogP contribution in [0, 0.1) is 26.6 Å². The normalized spacial score (nSPS) is 16.6. The van der Waals surface area contributed by atoms with E-state index in [9.17, 15) is 14.0 Å². The summed E-state index contributed by atoms with van der Waals surface area (Å²) in [5.74, 6) is -0.180. The molecule has 2 aromatic rings. The van der Waals surface area contributed by atoms with Crippen LogP contribution in [0.15, 0.2) is 30.3 Å². The highest BCUT2D eigenvalue weighted by atomic mass is 19.1. The Morgan fingerprint density at radius 3 is 2.59 bits per heavy atom. The molecule has 0 radical (unpaired) electrons. The number of rotatable bonds is 4. The second-order valence-electron chi connectivity index (χ2n) is 6.96. The fraction of sp³-hybridized carbons (Fsp3) is 0.333. The first kappa shape index (κ1) is 18.9. The predicted molar refractivity (Wildman–Crippen MR) is 101 cm³/mol. The van der Waals surface area contributed by atoms with Crippen LogP contribution >= 0.6 is 0 Å². The summed E-state index contributed by atoms with van der Waals surface area (Å²) in [4.78, 5) is 24.2. The Kier molecular flexibility index (Phi) is 5.44. The van der Waals surface area contributed by atoms with E-state index in [0.29, 0.717) is 18.7 Å². The molecular weight excluding hydrogens is 347 g/mol. The van der Waals surface area contributed by atoms with E-state index in [2.05, 4.69) is 10.6 Å². The summed E-state index contributed by atoms with van der Waals surface area (Å²) < 4.78 is 19.7. The van der Waals surface area contributed by atoms with Gasteiger partial charge in [0.15, 0.2) is 0 Å². The molecule has 2 amide bonds. The fourth-order valence-electron chi connectivity index (χ4n) is 3.10. The molecule has 1 saturated heterocycles. The van der Waals surface area contributed by atoms with Crippen LogP contribution < -0.4 is 15.4 Å². The quantitative estimate of drug-likeness (QED) is 0.865. The third-order valence-electron chi connectivity index (χ3n) is 4.78. The van der Waals surface area contributed by atoms with Crippen LogP contribution in [0.5, 0.6) is 11.5 Å². The van der Waals surface area contributed by atoms with Crippen molar-refractivity contribution in [2.75, 3.05) is 6.54 Å². The number of nitrogens with one attached hydrogen (secondary N) is 2. The molecule has 1 aliphatic rings. The fourth-order valence-corrected chi connectivity index (χ4v) is 3.10. The van der Waals surface area contributed by atoms with Gasteiger partial charge >= 0.3 is 0 Å². The summed E-state index contributed by atoms with van der Waals surface area (Å²) in [5, 5.41) is 5.53. The van der Waals surface area contributed by atoms with E-state index in [4.69, 9.17) is 4.74 Å². The van der Waals surface area contributed by atoms with E-state index < -0.39 is 11.7 Å². The van der Waals surface area contributed by atoms with Crippen molar-refractivity contribution in [2.45, 2.75) is 39.7 Å². The van der Waals surface area contributed by atoms with E-state index in [0.717, 1.165) is 22.8 Å². The standard InChI is InChI=1S/C21H23FN2O3/c1-12-8-14(3)19(9-13(12)2)27-18-5-4-15(22)10-17(18)21(26)24-16-6-7-23-20(25)11-16/h4-5,8-10,16H,6-7,11H2,1-3H3,(H,23,25)(H,24,26). The largest absolute Gasteiger partial charge is 0.456 e. The first-order chi connectivity index (χ1) is 12.8. The molecule has 27 heavy (non-hydrogen) atoms. The maximum atomic E-state index is 13.8. The SMILES string of the molecule is Cc1cc(C)c(Oc2ccc(F)cc2C(=O)NC2CCNC(=O)C2)cc1C.